The number of hydrogen-bond acceptors (Lipinski definition) is 2. The van der Waals surface area contributed by atoms with Gasteiger partial charge in [0, 0.05) is 0 Å². The van der Waals surface area contributed by atoms with Gasteiger partial charge in [0.1, 0.15) is 0 Å². The maximum Gasteiger partial charge on any atom is 0.0665 e. The summed E-state index contributed by atoms with van der Waals surface area (Å²) >= 11 is 0. The molecule has 0 saturated heterocycles. The van der Waals surface area contributed by atoms with E-state index >= 15 is 0 Å². The van der Waals surface area contributed by atoms with Crippen LogP contribution in [0.15, 0.2) is 18.2 Å². The monoisotopic (exact) mass is 291 g/mol. The lowest BCUT2D eigenvalue weighted by Crippen LogP contribution is -2.24. The van der Waals surface area contributed by atoms with Gasteiger partial charge in [-0.05, 0) is 50.9 Å². The first-order valence-electron chi connectivity index (χ1n) is 8.44. The Morgan fingerprint density at radius 2 is 1.86 bits per heavy atom. The van der Waals surface area contributed by atoms with Gasteiger partial charge < -0.3 is 10.1 Å². The van der Waals surface area contributed by atoms with Gasteiger partial charge in [0.05, 0.1) is 18.8 Å². The number of rotatable bonds is 10. The Labute approximate surface area is 131 Å². The molecule has 0 aliphatic heterocycles. The van der Waals surface area contributed by atoms with E-state index < -0.39 is 0 Å². The van der Waals surface area contributed by atoms with Crippen LogP contribution in [0.25, 0.3) is 0 Å². The highest BCUT2D eigenvalue weighted by molar-refractivity contribution is 5.31. The minimum absolute atomic E-state index is 0.280. The fraction of sp³-hybridized carbons (Fsp3) is 0.684. The lowest BCUT2D eigenvalue weighted by Gasteiger charge is -2.21. The number of unbranched alkanes of at least 4 members (excludes halogenated alkanes) is 3. The zero-order chi connectivity index (χ0) is 15.7. The molecular weight excluding hydrogens is 258 g/mol. The molecule has 120 valence electrons. The maximum absolute atomic E-state index is 6.04. The van der Waals surface area contributed by atoms with Crippen molar-refractivity contribution >= 4 is 0 Å². The largest absolute Gasteiger partial charge is 0.377 e. The first-order chi connectivity index (χ1) is 10.1. The van der Waals surface area contributed by atoms with E-state index in [1.54, 1.807) is 0 Å². The third-order valence-corrected chi connectivity index (χ3v) is 4.29. The molecule has 0 radical (unpaired) electrons. The molecule has 0 aromatic heterocycles. The van der Waals surface area contributed by atoms with Gasteiger partial charge in [-0.3, -0.25) is 0 Å². The van der Waals surface area contributed by atoms with Gasteiger partial charge in [-0.1, -0.05) is 50.8 Å². The molecule has 0 saturated carbocycles. The molecule has 2 atom stereocenters. The standard InChI is InChI=1S/C19H33NO/c1-6-7-8-9-10-17(4)21-14-19(20-5)18-12-11-15(2)16(3)13-18/h11-13,17,19-20H,6-10,14H2,1-5H3. The normalized spacial score (nSPS) is 14.1. The van der Waals surface area contributed by atoms with E-state index in [0.717, 1.165) is 6.61 Å². The average Bonchev–Trinajstić information content (AvgIpc) is 2.48. The molecule has 1 rings (SSSR count). The Hall–Kier alpha value is -0.860. The molecule has 0 aliphatic rings. The van der Waals surface area contributed by atoms with Gasteiger partial charge in [-0.25, -0.2) is 0 Å². The predicted molar refractivity (Wildman–Crippen MR) is 91.9 cm³/mol. The van der Waals surface area contributed by atoms with Crippen LogP contribution in [-0.2, 0) is 4.74 Å². The van der Waals surface area contributed by atoms with Crippen molar-refractivity contribution < 1.29 is 4.74 Å². The van der Waals surface area contributed by atoms with E-state index in [1.165, 1.54) is 48.8 Å². The molecule has 1 aromatic carbocycles. The van der Waals surface area contributed by atoms with Gasteiger partial charge in [0.15, 0.2) is 0 Å². The molecule has 0 fully saturated rings. The summed E-state index contributed by atoms with van der Waals surface area (Å²) in [5.74, 6) is 0. The molecule has 0 aliphatic carbocycles. The molecule has 0 amide bonds. The fourth-order valence-corrected chi connectivity index (χ4v) is 2.53. The van der Waals surface area contributed by atoms with Crippen molar-refractivity contribution in [2.24, 2.45) is 0 Å². The predicted octanol–water partition coefficient (Wildman–Crippen LogP) is 4.94. The lowest BCUT2D eigenvalue weighted by atomic mass is 10.0. The summed E-state index contributed by atoms with van der Waals surface area (Å²) in [4.78, 5) is 0. The number of likely N-dealkylation sites (N-methyl/N-ethyl adjacent to an activating group) is 1. The third-order valence-electron chi connectivity index (χ3n) is 4.29. The van der Waals surface area contributed by atoms with Crippen molar-refractivity contribution in [3.05, 3.63) is 34.9 Å². The molecule has 1 N–H and O–H groups in total. The lowest BCUT2D eigenvalue weighted by molar-refractivity contribution is 0.0441. The second kappa shape index (κ2) is 9.97. The summed E-state index contributed by atoms with van der Waals surface area (Å²) < 4.78 is 6.04. The van der Waals surface area contributed by atoms with Crippen molar-refractivity contribution in [1.29, 1.82) is 0 Å². The summed E-state index contributed by atoms with van der Waals surface area (Å²) in [6.07, 6.45) is 6.77. The van der Waals surface area contributed by atoms with Crippen LogP contribution in [-0.4, -0.2) is 19.8 Å². The van der Waals surface area contributed by atoms with E-state index in [2.05, 4.69) is 51.2 Å². The molecule has 2 unspecified atom stereocenters. The van der Waals surface area contributed by atoms with Crippen LogP contribution < -0.4 is 5.32 Å². The Morgan fingerprint density at radius 3 is 2.48 bits per heavy atom. The van der Waals surface area contributed by atoms with Crippen molar-refractivity contribution in [3.63, 3.8) is 0 Å². The van der Waals surface area contributed by atoms with E-state index in [9.17, 15) is 0 Å². The highest BCUT2D eigenvalue weighted by atomic mass is 16.5. The Bertz CT molecular complexity index is 403. The van der Waals surface area contributed by atoms with Crippen LogP contribution in [0, 0.1) is 13.8 Å². The smallest absolute Gasteiger partial charge is 0.0665 e. The number of nitrogens with one attached hydrogen (secondary N) is 1. The topological polar surface area (TPSA) is 21.3 Å². The molecule has 21 heavy (non-hydrogen) atoms. The van der Waals surface area contributed by atoms with Gasteiger partial charge in [0.25, 0.3) is 0 Å². The fourth-order valence-electron chi connectivity index (χ4n) is 2.53. The molecular formula is C19H33NO. The second-order valence-electron chi connectivity index (χ2n) is 6.18. The second-order valence-corrected chi connectivity index (χ2v) is 6.18. The van der Waals surface area contributed by atoms with Crippen LogP contribution >= 0.6 is 0 Å². The van der Waals surface area contributed by atoms with Crippen LogP contribution in [0.2, 0.25) is 0 Å². The van der Waals surface area contributed by atoms with Gasteiger partial charge in [-0.15, -0.1) is 0 Å². The summed E-state index contributed by atoms with van der Waals surface area (Å²) in [5, 5.41) is 3.37. The van der Waals surface area contributed by atoms with E-state index in [0.29, 0.717) is 6.10 Å². The molecule has 2 heteroatoms. The maximum atomic E-state index is 6.04. The third kappa shape index (κ3) is 6.62. The Kier molecular flexibility index (Phi) is 8.63. The summed E-state index contributed by atoms with van der Waals surface area (Å²) in [6.45, 7) is 9.51. The highest BCUT2D eigenvalue weighted by Crippen LogP contribution is 2.18. The quantitative estimate of drug-likeness (QED) is 0.617. The molecule has 0 spiro atoms. The van der Waals surface area contributed by atoms with Crippen LogP contribution in [0.1, 0.15) is 68.7 Å². The van der Waals surface area contributed by atoms with Gasteiger partial charge in [-0.2, -0.15) is 0 Å². The Morgan fingerprint density at radius 1 is 1.10 bits per heavy atom. The van der Waals surface area contributed by atoms with Crippen molar-refractivity contribution in [2.45, 2.75) is 71.9 Å². The number of benzene rings is 1. The van der Waals surface area contributed by atoms with Crippen molar-refractivity contribution in [3.8, 4) is 0 Å². The average molecular weight is 291 g/mol. The van der Waals surface area contributed by atoms with E-state index in [4.69, 9.17) is 4.74 Å². The summed E-state index contributed by atoms with van der Waals surface area (Å²) in [6, 6.07) is 6.95. The number of aryl methyl sites for hydroxylation is 2. The SMILES string of the molecule is CCCCCCC(C)OCC(NC)c1ccc(C)c(C)c1. The Balaban J connectivity index is 2.41. The van der Waals surface area contributed by atoms with Crippen LogP contribution in [0.5, 0.6) is 0 Å². The summed E-state index contributed by atoms with van der Waals surface area (Å²) in [5.41, 5.74) is 4.01. The molecule has 0 heterocycles. The minimum atomic E-state index is 0.280. The first kappa shape index (κ1) is 18.2. The molecule has 0 bridgehead atoms. The molecule has 1 aromatic rings. The number of ether oxygens (including phenoxy) is 1. The minimum Gasteiger partial charge on any atom is -0.377 e. The van der Waals surface area contributed by atoms with Crippen molar-refractivity contribution in [2.75, 3.05) is 13.7 Å². The van der Waals surface area contributed by atoms with Gasteiger partial charge >= 0.3 is 0 Å². The van der Waals surface area contributed by atoms with E-state index in [-0.39, 0.29) is 6.04 Å². The van der Waals surface area contributed by atoms with Crippen LogP contribution in [0.3, 0.4) is 0 Å². The zero-order valence-corrected chi connectivity index (χ0v) is 14.5. The van der Waals surface area contributed by atoms with Gasteiger partial charge in [0.2, 0.25) is 0 Å². The van der Waals surface area contributed by atoms with E-state index in [1.807, 2.05) is 7.05 Å². The van der Waals surface area contributed by atoms with Crippen LogP contribution in [0.4, 0.5) is 0 Å². The first-order valence-corrected chi connectivity index (χ1v) is 8.44. The summed E-state index contributed by atoms with van der Waals surface area (Å²) in [7, 11) is 2.01. The number of hydrogen-bond donors (Lipinski definition) is 1. The van der Waals surface area contributed by atoms with Crippen molar-refractivity contribution in [1.82, 2.24) is 5.32 Å². The highest BCUT2D eigenvalue weighted by Gasteiger charge is 2.12. The molecule has 2 nitrogen and oxygen atoms in total. The zero-order valence-electron chi connectivity index (χ0n) is 14.5.